The highest BCUT2D eigenvalue weighted by Gasteiger charge is 2.27. The molecule has 150 valence electrons. The van der Waals surface area contributed by atoms with Crippen molar-refractivity contribution in [1.29, 1.82) is 0 Å². The van der Waals surface area contributed by atoms with E-state index in [1.807, 2.05) is 0 Å². The van der Waals surface area contributed by atoms with Crippen molar-refractivity contribution in [3.8, 4) is 0 Å². The average Bonchev–Trinajstić information content (AvgIpc) is 2.90. The molecule has 0 saturated carbocycles. The summed E-state index contributed by atoms with van der Waals surface area (Å²) in [6.07, 6.45) is 4.43. The van der Waals surface area contributed by atoms with E-state index in [2.05, 4.69) is 5.32 Å². The lowest BCUT2D eigenvalue weighted by molar-refractivity contribution is -0.143. The molecule has 0 fully saturated rings. The summed E-state index contributed by atoms with van der Waals surface area (Å²) in [5.41, 5.74) is 0. The third kappa shape index (κ3) is 7.32. The maximum absolute atomic E-state index is 12.3. The van der Waals surface area contributed by atoms with Gasteiger partial charge in [-0.25, -0.2) is 0 Å². The summed E-state index contributed by atoms with van der Waals surface area (Å²) in [5, 5.41) is 11.6. The van der Waals surface area contributed by atoms with Gasteiger partial charge < -0.3 is 10.4 Å². The number of imide groups is 1. The summed E-state index contributed by atoms with van der Waals surface area (Å²) in [5.74, 6) is -3.14. The standard InChI is InChI=1S/C19H28N2O6/c1-12(2)18(14(22)11-13(3)19(26)27)20-15(23)7-5-4-6-10-21-16(24)8-9-17(21)25/h8-9,12-13,18H,4-7,10-11H2,1-3H3,(H,20,23)(H,26,27)/t13-,18+/m0/s1. The molecule has 1 heterocycles. The molecule has 2 atom stereocenters. The average molecular weight is 380 g/mol. The second-order valence-electron chi connectivity index (χ2n) is 7.17. The fourth-order valence-corrected chi connectivity index (χ4v) is 2.76. The summed E-state index contributed by atoms with van der Waals surface area (Å²) in [6, 6.07) is -0.704. The van der Waals surface area contributed by atoms with Gasteiger partial charge in [-0.15, -0.1) is 0 Å². The van der Waals surface area contributed by atoms with Crippen molar-refractivity contribution in [1.82, 2.24) is 10.2 Å². The minimum Gasteiger partial charge on any atom is -0.481 e. The molecule has 27 heavy (non-hydrogen) atoms. The number of hydrogen-bond acceptors (Lipinski definition) is 5. The zero-order valence-corrected chi connectivity index (χ0v) is 16.1. The van der Waals surface area contributed by atoms with Crippen molar-refractivity contribution >= 4 is 29.5 Å². The second-order valence-corrected chi connectivity index (χ2v) is 7.17. The van der Waals surface area contributed by atoms with Crippen LogP contribution in [0, 0.1) is 11.8 Å². The number of ketones is 1. The Morgan fingerprint density at radius 1 is 1.04 bits per heavy atom. The summed E-state index contributed by atoms with van der Waals surface area (Å²) in [7, 11) is 0. The van der Waals surface area contributed by atoms with E-state index in [4.69, 9.17) is 5.11 Å². The van der Waals surface area contributed by atoms with Crippen molar-refractivity contribution in [2.75, 3.05) is 6.54 Å². The molecule has 1 aliphatic rings. The fraction of sp³-hybridized carbons (Fsp3) is 0.632. The van der Waals surface area contributed by atoms with Crippen LogP contribution in [-0.2, 0) is 24.0 Å². The van der Waals surface area contributed by atoms with Gasteiger partial charge in [0.25, 0.3) is 11.8 Å². The molecule has 8 heteroatoms. The Balaban J connectivity index is 2.33. The van der Waals surface area contributed by atoms with E-state index in [0.717, 1.165) is 4.90 Å². The molecule has 0 aromatic carbocycles. The van der Waals surface area contributed by atoms with Gasteiger partial charge in [-0.2, -0.15) is 0 Å². The van der Waals surface area contributed by atoms with E-state index in [1.165, 1.54) is 19.1 Å². The largest absolute Gasteiger partial charge is 0.481 e. The highest BCUT2D eigenvalue weighted by atomic mass is 16.4. The van der Waals surface area contributed by atoms with Crippen molar-refractivity contribution in [3.63, 3.8) is 0 Å². The summed E-state index contributed by atoms with van der Waals surface area (Å²) in [6.45, 7) is 5.38. The Hall–Kier alpha value is -2.51. The van der Waals surface area contributed by atoms with Gasteiger partial charge in [0.15, 0.2) is 5.78 Å². The number of carbonyl (C=O) groups excluding carboxylic acids is 4. The van der Waals surface area contributed by atoms with Gasteiger partial charge in [-0.3, -0.25) is 28.9 Å². The van der Waals surface area contributed by atoms with Gasteiger partial charge >= 0.3 is 5.97 Å². The normalized spacial score (nSPS) is 15.9. The van der Waals surface area contributed by atoms with Crippen molar-refractivity contribution in [2.45, 2.75) is 58.9 Å². The fourth-order valence-electron chi connectivity index (χ4n) is 2.76. The van der Waals surface area contributed by atoms with E-state index in [-0.39, 0.29) is 42.3 Å². The zero-order chi connectivity index (χ0) is 20.6. The topological polar surface area (TPSA) is 121 Å². The predicted molar refractivity (Wildman–Crippen MR) is 97.5 cm³/mol. The van der Waals surface area contributed by atoms with Crippen molar-refractivity contribution in [3.05, 3.63) is 12.2 Å². The van der Waals surface area contributed by atoms with Crippen LogP contribution in [-0.4, -0.2) is 52.1 Å². The highest BCUT2D eigenvalue weighted by Crippen LogP contribution is 2.12. The quantitative estimate of drug-likeness (QED) is 0.389. The Labute approximate surface area is 159 Å². The molecule has 2 N–H and O–H groups in total. The number of Topliss-reactive ketones (excluding diaryl/α,β-unsaturated/α-hetero) is 1. The number of carboxylic acid groups (broad SMARTS) is 1. The lowest BCUT2D eigenvalue weighted by Crippen LogP contribution is -2.45. The molecule has 0 radical (unpaired) electrons. The predicted octanol–water partition coefficient (Wildman–Crippen LogP) is 1.29. The maximum Gasteiger partial charge on any atom is 0.306 e. The first kappa shape index (κ1) is 22.5. The summed E-state index contributed by atoms with van der Waals surface area (Å²) >= 11 is 0. The molecule has 0 aromatic heterocycles. The van der Waals surface area contributed by atoms with Crippen LogP contribution in [0.1, 0.15) is 52.9 Å². The van der Waals surface area contributed by atoms with Gasteiger partial charge in [0.05, 0.1) is 12.0 Å². The number of carboxylic acids is 1. The Kier molecular flexibility index (Phi) is 8.84. The number of rotatable bonds is 12. The van der Waals surface area contributed by atoms with Crippen molar-refractivity contribution in [2.24, 2.45) is 11.8 Å². The molecule has 0 spiro atoms. The molecule has 8 nitrogen and oxygen atoms in total. The molecule has 1 aliphatic heterocycles. The summed E-state index contributed by atoms with van der Waals surface area (Å²) in [4.78, 5) is 59.2. The van der Waals surface area contributed by atoms with Crippen LogP contribution in [0.5, 0.6) is 0 Å². The van der Waals surface area contributed by atoms with Crippen molar-refractivity contribution < 1.29 is 29.1 Å². The van der Waals surface area contributed by atoms with E-state index < -0.39 is 17.9 Å². The minimum absolute atomic E-state index is 0.121. The Bertz CT molecular complexity index is 608. The second kappa shape index (κ2) is 10.6. The highest BCUT2D eigenvalue weighted by molar-refractivity contribution is 6.12. The van der Waals surface area contributed by atoms with Crippen LogP contribution in [0.3, 0.4) is 0 Å². The van der Waals surface area contributed by atoms with Gasteiger partial charge in [0.2, 0.25) is 5.91 Å². The summed E-state index contributed by atoms with van der Waals surface area (Å²) < 4.78 is 0. The van der Waals surface area contributed by atoms with Gasteiger partial charge in [-0.1, -0.05) is 27.2 Å². The molecular weight excluding hydrogens is 352 g/mol. The van der Waals surface area contributed by atoms with Crippen LogP contribution in [0.4, 0.5) is 0 Å². The number of amides is 3. The van der Waals surface area contributed by atoms with Crippen LogP contribution in [0.25, 0.3) is 0 Å². The molecule has 0 saturated heterocycles. The SMILES string of the molecule is CC(C)[C@@H](NC(=O)CCCCCN1C(=O)C=CC1=O)C(=O)C[C@H](C)C(=O)O. The number of aliphatic carboxylic acids is 1. The smallest absolute Gasteiger partial charge is 0.306 e. The number of nitrogens with zero attached hydrogens (tertiary/aromatic N) is 1. The molecule has 1 rings (SSSR count). The molecule has 3 amide bonds. The molecule has 0 aliphatic carbocycles. The van der Waals surface area contributed by atoms with Gasteiger partial charge in [0.1, 0.15) is 0 Å². The number of hydrogen-bond donors (Lipinski definition) is 2. The molecule has 0 aromatic rings. The van der Waals surface area contributed by atoms with Gasteiger partial charge in [-0.05, 0) is 18.8 Å². The first-order valence-corrected chi connectivity index (χ1v) is 9.22. The van der Waals surface area contributed by atoms with E-state index in [0.29, 0.717) is 25.8 Å². The van der Waals surface area contributed by atoms with Crippen LogP contribution in [0.15, 0.2) is 12.2 Å². The third-order valence-electron chi connectivity index (χ3n) is 4.45. The molecule has 0 bridgehead atoms. The molecular formula is C19H28N2O6. The van der Waals surface area contributed by atoms with E-state index in [1.54, 1.807) is 13.8 Å². The lowest BCUT2D eigenvalue weighted by Gasteiger charge is -2.22. The first-order chi connectivity index (χ1) is 12.6. The van der Waals surface area contributed by atoms with Crippen LogP contribution >= 0.6 is 0 Å². The minimum atomic E-state index is -1.04. The maximum atomic E-state index is 12.3. The monoisotopic (exact) mass is 380 g/mol. The van der Waals surface area contributed by atoms with Crippen LogP contribution in [0.2, 0.25) is 0 Å². The Morgan fingerprint density at radius 3 is 2.15 bits per heavy atom. The van der Waals surface area contributed by atoms with Crippen LogP contribution < -0.4 is 5.32 Å². The number of unbranched alkanes of at least 4 members (excludes halogenated alkanes) is 2. The zero-order valence-electron chi connectivity index (χ0n) is 16.1. The molecule has 0 unspecified atom stereocenters. The van der Waals surface area contributed by atoms with E-state index in [9.17, 15) is 24.0 Å². The third-order valence-corrected chi connectivity index (χ3v) is 4.45. The lowest BCUT2D eigenvalue weighted by atomic mass is 9.93. The number of nitrogens with one attached hydrogen (secondary N) is 1. The van der Waals surface area contributed by atoms with E-state index >= 15 is 0 Å². The Morgan fingerprint density at radius 2 is 1.63 bits per heavy atom. The van der Waals surface area contributed by atoms with Gasteiger partial charge in [0, 0.05) is 31.5 Å². The first-order valence-electron chi connectivity index (χ1n) is 9.22. The number of carbonyl (C=O) groups is 5.